The highest BCUT2D eigenvalue weighted by Gasteiger charge is 2.22. The van der Waals surface area contributed by atoms with Crippen LogP contribution in [0.3, 0.4) is 0 Å². The van der Waals surface area contributed by atoms with Crippen molar-refractivity contribution in [1.82, 2.24) is 0 Å². The molecule has 0 saturated carbocycles. The maximum absolute atomic E-state index is 3.91. The lowest BCUT2D eigenvalue weighted by molar-refractivity contribution is 1.40. The van der Waals surface area contributed by atoms with Crippen LogP contribution in [-0.2, 0) is 10.9 Å². The molecule has 0 saturated heterocycles. The Bertz CT molecular complexity index is 374. The highest BCUT2D eigenvalue weighted by Crippen LogP contribution is 2.22. The molecule has 84 valence electrons. The molecule has 0 N–H and O–H groups in total. The van der Waals surface area contributed by atoms with Crippen molar-refractivity contribution in [1.29, 1.82) is 0 Å². The second kappa shape index (κ2) is 7.13. The van der Waals surface area contributed by atoms with Gasteiger partial charge in [-0.3, -0.25) is 0 Å². The molecule has 1 atom stereocenters. The maximum atomic E-state index is 3.91. The van der Waals surface area contributed by atoms with Crippen molar-refractivity contribution < 1.29 is 0 Å². The van der Waals surface area contributed by atoms with Crippen molar-refractivity contribution in [3.05, 3.63) is 66.1 Å². The number of benzene rings is 1. The second-order valence-corrected chi connectivity index (χ2v) is 5.59. The Labute approximate surface area is 102 Å². The van der Waals surface area contributed by atoms with Gasteiger partial charge < -0.3 is 0 Å². The number of hydrogen-bond donors (Lipinski definition) is 0. The minimum Gasteiger partial charge on any atom is -0.0941 e. The lowest BCUT2D eigenvalue weighted by Gasteiger charge is -2.05. The SMILES string of the molecule is C=C/C(=C\C=C/C)[S+](CC)c1ccccc1. The zero-order chi connectivity index (χ0) is 11.8. The predicted octanol–water partition coefficient (Wildman–Crippen LogP) is 4.33. The molecule has 0 fully saturated rings. The van der Waals surface area contributed by atoms with Crippen molar-refractivity contribution in [2.24, 2.45) is 0 Å². The predicted molar refractivity (Wildman–Crippen MR) is 75.7 cm³/mol. The molecule has 0 aliphatic carbocycles. The lowest BCUT2D eigenvalue weighted by atomic mass is 10.4. The van der Waals surface area contributed by atoms with E-state index in [-0.39, 0.29) is 10.9 Å². The van der Waals surface area contributed by atoms with Crippen molar-refractivity contribution >= 4 is 10.9 Å². The summed E-state index contributed by atoms with van der Waals surface area (Å²) in [5.41, 5.74) is 0. The molecule has 0 nitrogen and oxygen atoms in total. The van der Waals surface area contributed by atoms with Crippen LogP contribution in [0.5, 0.6) is 0 Å². The van der Waals surface area contributed by atoms with Crippen molar-refractivity contribution in [3.8, 4) is 0 Å². The molecule has 1 aromatic rings. The highest BCUT2D eigenvalue weighted by molar-refractivity contribution is 8.00. The monoisotopic (exact) mass is 231 g/mol. The maximum Gasteiger partial charge on any atom is 0.160 e. The van der Waals surface area contributed by atoms with Gasteiger partial charge in [-0.15, -0.1) is 0 Å². The molecule has 0 amide bonds. The fourth-order valence-electron chi connectivity index (χ4n) is 1.50. The molecule has 0 radical (unpaired) electrons. The summed E-state index contributed by atoms with van der Waals surface area (Å²) < 4.78 is 0. The molecular formula is C15H19S+. The Morgan fingerprint density at radius 2 is 2.00 bits per heavy atom. The van der Waals surface area contributed by atoms with E-state index in [1.165, 1.54) is 9.80 Å². The number of rotatable bonds is 5. The molecule has 1 aromatic carbocycles. The molecule has 0 bridgehead atoms. The lowest BCUT2D eigenvalue weighted by Crippen LogP contribution is -2.07. The van der Waals surface area contributed by atoms with Gasteiger partial charge in [-0.2, -0.15) is 0 Å². The summed E-state index contributed by atoms with van der Waals surface area (Å²) in [6, 6.07) is 10.6. The van der Waals surface area contributed by atoms with E-state index >= 15 is 0 Å². The Balaban J connectivity index is 3.01. The zero-order valence-electron chi connectivity index (χ0n) is 10.0. The van der Waals surface area contributed by atoms with E-state index in [4.69, 9.17) is 0 Å². The van der Waals surface area contributed by atoms with Crippen LogP contribution in [0.25, 0.3) is 0 Å². The normalized spacial score (nSPS) is 14.0. The average Bonchev–Trinajstić information content (AvgIpc) is 2.35. The second-order valence-electron chi connectivity index (χ2n) is 3.29. The van der Waals surface area contributed by atoms with Gasteiger partial charge in [-0.1, -0.05) is 36.9 Å². The van der Waals surface area contributed by atoms with Gasteiger partial charge in [0.2, 0.25) is 0 Å². The molecule has 1 rings (SSSR count). The highest BCUT2D eigenvalue weighted by atomic mass is 32.2. The van der Waals surface area contributed by atoms with Crippen molar-refractivity contribution in [2.45, 2.75) is 18.7 Å². The van der Waals surface area contributed by atoms with Crippen LogP contribution in [0.1, 0.15) is 13.8 Å². The minimum absolute atomic E-state index is 0.158. The van der Waals surface area contributed by atoms with Crippen molar-refractivity contribution in [2.75, 3.05) is 5.75 Å². The number of hydrogen-bond acceptors (Lipinski definition) is 0. The van der Waals surface area contributed by atoms with Crippen molar-refractivity contribution in [3.63, 3.8) is 0 Å². The molecule has 1 heteroatoms. The first-order chi connectivity index (χ1) is 7.83. The third-order valence-corrected chi connectivity index (χ3v) is 4.55. The minimum atomic E-state index is 0.158. The van der Waals surface area contributed by atoms with E-state index < -0.39 is 0 Å². The first-order valence-electron chi connectivity index (χ1n) is 5.54. The Morgan fingerprint density at radius 1 is 1.31 bits per heavy atom. The summed E-state index contributed by atoms with van der Waals surface area (Å²) in [6.45, 7) is 8.17. The van der Waals surface area contributed by atoms with E-state index in [0.717, 1.165) is 5.75 Å². The van der Waals surface area contributed by atoms with E-state index in [9.17, 15) is 0 Å². The van der Waals surface area contributed by atoms with Gasteiger partial charge in [-0.05, 0) is 38.1 Å². The van der Waals surface area contributed by atoms with Gasteiger partial charge in [-0.25, -0.2) is 0 Å². The molecule has 0 aliphatic heterocycles. The van der Waals surface area contributed by atoms with E-state index in [2.05, 4.69) is 56.0 Å². The van der Waals surface area contributed by atoms with Crippen LogP contribution in [0, 0.1) is 0 Å². The molecule has 16 heavy (non-hydrogen) atoms. The molecule has 1 unspecified atom stereocenters. The van der Waals surface area contributed by atoms with E-state index in [1.54, 1.807) is 0 Å². The molecule has 0 aromatic heterocycles. The Kier molecular flexibility index (Phi) is 5.73. The van der Waals surface area contributed by atoms with Crippen LogP contribution in [0.2, 0.25) is 0 Å². The fraction of sp³-hybridized carbons (Fsp3) is 0.200. The molecule has 0 aliphatic rings. The largest absolute Gasteiger partial charge is 0.160 e. The summed E-state index contributed by atoms with van der Waals surface area (Å²) in [4.78, 5) is 2.70. The van der Waals surface area contributed by atoms with Gasteiger partial charge in [0.1, 0.15) is 5.75 Å². The van der Waals surface area contributed by atoms with E-state index in [1.807, 2.05) is 19.1 Å². The van der Waals surface area contributed by atoms with Crippen LogP contribution < -0.4 is 0 Å². The third-order valence-electron chi connectivity index (χ3n) is 2.26. The van der Waals surface area contributed by atoms with Crippen LogP contribution >= 0.6 is 0 Å². The number of allylic oxidation sites excluding steroid dienone is 4. The summed E-state index contributed by atoms with van der Waals surface area (Å²) in [5, 5.41) is 0. The first kappa shape index (κ1) is 12.9. The fourth-order valence-corrected chi connectivity index (χ4v) is 3.36. The summed E-state index contributed by atoms with van der Waals surface area (Å²) >= 11 is 0. The van der Waals surface area contributed by atoms with Gasteiger partial charge in [0, 0.05) is 0 Å². The Morgan fingerprint density at radius 3 is 2.50 bits per heavy atom. The molecular weight excluding hydrogens is 212 g/mol. The molecule has 0 heterocycles. The third kappa shape index (κ3) is 3.42. The molecule has 0 spiro atoms. The summed E-state index contributed by atoms with van der Waals surface area (Å²) in [5.74, 6) is 1.12. The van der Waals surface area contributed by atoms with Gasteiger partial charge >= 0.3 is 0 Å². The van der Waals surface area contributed by atoms with Gasteiger partial charge in [0.25, 0.3) is 0 Å². The standard InChI is InChI=1S/C15H19S/c1-4-7-11-14(5-2)16(6-3)15-12-9-8-10-13-15/h4-5,7-13H,2,6H2,1,3H3/q+1/b7-4-,14-11+. The topological polar surface area (TPSA) is 0 Å². The van der Waals surface area contributed by atoms with Crippen LogP contribution in [0.4, 0.5) is 0 Å². The average molecular weight is 231 g/mol. The quantitative estimate of drug-likeness (QED) is 0.522. The summed E-state index contributed by atoms with van der Waals surface area (Å²) in [7, 11) is 0.158. The Hall–Kier alpha value is -1.21. The van der Waals surface area contributed by atoms with E-state index in [0.29, 0.717) is 0 Å². The van der Waals surface area contributed by atoms with Crippen LogP contribution in [-0.4, -0.2) is 5.75 Å². The van der Waals surface area contributed by atoms with Crippen LogP contribution in [0.15, 0.2) is 71.0 Å². The summed E-state index contributed by atoms with van der Waals surface area (Å²) in [6.07, 6.45) is 8.26. The van der Waals surface area contributed by atoms with Gasteiger partial charge in [0.15, 0.2) is 9.80 Å². The zero-order valence-corrected chi connectivity index (χ0v) is 10.8. The first-order valence-corrected chi connectivity index (χ1v) is 6.94. The smallest absolute Gasteiger partial charge is 0.0941 e. The van der Waals surface area contributed by atoms with Gasteiger partial charge in [0.05, 0.1) is 10.9 Å².